The van der Waals surface area contributed by atoms with Gasteiger partial charge in [-0.2, -0.15) is 0 Å². The third-order valence-corrected chi connectivity index (χ3v) is 4.36. The van der Waals surface area contributed by atoms with Crippen LogP contribution >= 0.6 is 0 Å². The van der Waals surface area contributed by atoms with Gasteiger partial charge in [-0.15, -0.1) is 0 Å². The van der Waals surface area contributed by atoms with E-state index < -0.39 is 38.2 Å². The zero-order chi connectivity index (χ0) is 16.5. The standard InChI is InChI=1S/C13H10F4N2O2S/c1-7-2-3-18-5-8(7)6-19-22(20,21)13-11(16)9(14)4-10(15)12(13)17/h2-5,19H,6H2,1H3. The van der Waals surface area contributed by atoms with Crippen molar-refractivity contribution in [3.05, 3.63) is 58.9 Å². The summed E-state index contributed by atoms with van der Waals surface area (Å²) in [7, 11) is -4.79. The number of aryl methyl sites for hydroxylation is 1. The van der Waals surface area contributed by atoms with E-state index in [2.05, 4.69) is 4.98 Å². The molecule has 1 heterocycles. The van der Waals surface area contributed by atoms with Gasteiger partial charge in [-0.3, -0.25) is 4.98 Å². The summed E-state index contributed by atoms with van der Waals surface area (Å²) in [6.45, 7) is 1.34. The lowest BCUT2D eigenvalue weighted by atomic mass is 10.2. The molecular formula is C13H10F4N2O2S. The van der Waals surface area contributed by atoms with Crippen molar-refractivity contribution in [1.82, 2.24) is 9.71 Å². The fourth-order valence-corrected chi connectivity index (χ4v) is 2.87. The van der Waals surface area contributed by atoms with E-state index in [9.17, 15) is 26.0 Å². The van der Waals surface area contributed by atoms with Crippen LogP contribution in [0.15, 0.2) is 29.4 Å². The Morgan fingerprint density at radius 3 is 2.27 bits per heavy atom. The third-order valence-electron chi connectivity index (χ3n) is 2.94. The van der Waals surface area contributed by atoms with Crippen LogP contribution in [-0.2, 0) is 16.6 Å². The van der Waals surface area contributed by atoms with Gasteiger partial charge in [0, 0.05) is 25.0 Å². The highest BCUT2D eigenvalue weighted by atomic mass is 32.2. The molecule has 0 fully saturated rings. The molecule has 0 radical (unpaired) electrons. The van der Waals surface area contributed by atoms with Crippen LogP contribution < -0.4 is 4.72 Å². The summed E-state index contributed by atoms with van der Waals surface area (Å²) >= 11 is 0. The Kier molecular flexibility index (Phi) is 4.47. The average molecular weight is 334 g/mol. The normalized spacial score (nSPS) is 11.7. The molecule has 1 aromatic heterocycles. The number of hydrogen-bond donors (Lipinski definition) is 1. The molecule has 0 amide bonds. The van der Waals surface area contributed by atoms with Crippen molar-refractivity contribution in [1.29, 1.82) is 0 Å². The van der Waals surface area contributed by atoms with Crippen LogP contribution in [0.25, 0.3) is 0 Å². The van der Waals surface area contributed by atoms with Gasteiger partial charge in [-0.25, -0.2) is 30.7 Å². The van der Waals surface area contributed by atoms with E-state index >= 15 is 0 Å². The number of hydrogen-bond acceptors (Lipinski definition) is 3. The number of sulfonamides is 1. The molecule has 0 aliphatic carbocycles. The van der Waals surface area contributed by atoms with E-state index in [4.69, 9.17) is 0 Å². The van der Waals surface area contributed by atoms with Gasteiger partial charge < -0.3 is 0 Å². The number of nitrogens with one attached hydrogen (secondary N) is 1. The van der Waals surface area contributed by atoms with Gasteiger partial charge in [0.05, 0.1) is 0 Å². The second-order valence-corrected chi connectivity index (χ2v) is 6.13. The molecule has 0 atom stereocenters. The molecule has 22 heavy (non-hydrogen) atoms. The van der Waals surface area contributed by atoms with Crippen LogP contribution in [0.2, 0.25) is 0 Å². The minimum atomic E-state index is -4.79. The number of pyridine rings is 1. The van der Waals surface area contributed by atoms with Crippen molar-refractivity contribution in [3.63, 3.8) is 0 Å². The summed E-state index contributed by atoms with van der Waals surface area (Å²) in [6, 6.07) is 1.54. The largest absolute Gasteiger partial charge is 0.264 e. The molecule has 1 aromatic carbocycles. The molecule has 0 saturated carbocycles. The maximum absolute atomic E-state index is 13.5. The summed E-state index contributed by atoms with van der Waals surface area (Å²) in [5.41, 5.74) is 1.13. The lowest BCUT2D eigenvalue weighted by Crippen LogP contribution is -2.26. The van der Waals surface area contributed by atoms with Crippen molar-refractivity contribution in [2.75, 3.05) is 0 Å². The summed E-state index contributed by atoms with van der Waals surface area (Å²) in [5.74, 6) is -7.54. The Morgan fingerprint density at radius 2 is 1.73 bits per heavy atom. The molecule has 2 rings (SSSR count). The highest BCUT2D eigenvalue weighted by Crippen LogP contribution is 2.23. The Balaban J connectivity index is 2.38. The van der Waals surface area contributed by atoms with Crippen LogP contribution in [-0.4, -0.2) is 13.4 Å². The molecule has 118 valence electrons. The zero-order valence-corrected chi connectivity index (χ0v) is 12.0. The topological polar surface area (TPSA) is 59.1 Å². The number of nitrogens with zero attached hydrogens (tertiary/aromatic N) is 1. The second kappa shape index (κ2) is 6.01. The molecule has 0 saturated heterocycles. The maximum atomic E-state index is 13.5. The number of halogens is 4. The average Bonchev–Trinajstić information content (AvgIpc) is 2.44. The molecule has 0 aliphatic rings. The Bertz CT molecular complexity index is 799. The Morgan fingerprint density at radius 1 is 1.14 bits per heavy atom. The van der Waals surface area contributed by atoms with Crippen molar-refractivity contribution in [3.8, 4) is 0 Å². The second-order valence-electron chi connectivity index (χ2n) is 4.42. The number of rotatable bonds is 4. The quantitative estimate of drug-likeness (QED) is 0.690. The lowest BCUT2D eigenvalue weighted by molar-refractivity contribution is 0.418. The highest BCUT2D eigenvalue weighted by Gasteiger charge is 2.29. The SMILES string of the molecule is Cc1ccncc1CNS(=O)(=O)c1c(F)c(F)cc(F)c1F. The van der Waals surface area contributed by atoms with Gasteiger partial charge in [0.1, 0.15) is 0 Å². The summed E-state index contributed by atoms with van der Waals surface area (Å²) < 4.78 is 79.0. The van der Waals surface area contributed by atoms with Gasteiger partial charge in [0.2, 0.25) is 10.0 Å². The molecule has 0 unspecified atom stereocenters. The van der Waals surface area contributed by atoms with E-state index in [1.807, 2.05) is 4.72 Å². The molecular weight excluding hydrogens is 324 g/mol. The van der Waals surface area contributed by atoms with Crippen LogP contribution in [0.5, 0.6) is 0 Å². The van der Waals surface area contributed by atoms with E-state index in [1.54, 1.807) is 13.0 Å². The molecule has 4 nitrogen and oxygen atoms in total. The van der Waals surface area contributed by atoms with E-state index in [-0.39, 0.29) is 12.6 Å². The van der Waals surface area contributed by atoms with Gasteiger partial charge in [0.25, 0.3) is 0 Å². The highest BCUT2D eigenvalue weighted by molar-refractivity contribution is 7.89. The van der Waals surface area contributed by atoms with Crippen LogP contribution in [0.1, 0.15) is 11.1 Å². The van der Waals surface area contributed by atoms with Crippen LogP contribution in [0.4, 0.5) is 17.6 Å². The van der Waals surface area contributed by atoms with Crippen LogP contribution in [0, 0.1) is 30.2 Å². The maximum Gasteiger partial charge on any atom is 0.246 e. The van der Waals surface area contributed by atoms with E-state index in [0.717, 1.165) is 0 Å². The predicted molar refractivity (Wildman–Crippen MR) is 69.3 cm³/mol. The minimum absolute atomic E-state index is 0.0606. The molecule has 0 spiro atoms. The van der Waals surface area contributed by atoms with Gasteiger partial charge in [0.15, 0.2) is 28.2 Å². The van der Waals surface area contributed by atoms with Gasteiger partial charge in [-0.05, 0) is 24.1 Å². The number of benzene rings is 1. The molecule has 0 bridgehead atoms. The van der Waals surface area contributed by atoms with Gasteiger partial charge >= 0.3 is 0 Å². The molecule has 1 N–H and O–H groups in total. The molecule has 0 aliphatic heterocycles. The van der Waals surface area contributed by atoms with Gasteiger partial charge in [-0.1, -0.05) is 0 Å². The van der Waals surface area contributed by atoms with E-state index in [1.165, 1.54) is 12.4 Å². The fourth-order valence-electron chi connectivity index (χ4n) is 1.71. The van der Waals surface area contributed by atoms with E-state index in [0.29, 0.717) is 11.1 Å². The monoisotopic (exact) mass is 334 g/mol. The first-order chi connectivity index (χ1) is 10.2. The molecule has 2 aromatic rings. The van der Waals surface area contributed by atoms with Crippen molar-refractivity contribution >= 4 is 10.0 Å². The van der Waals surface area contributed by atoms with Crippen molar-refractivity contribution < 1.29 is 26.0 Å². The fraction of sp³-hybridized carbons (Fsp3) is 0.154. The molecule has 9 heteroatoms. The minimum Gasteiger partial charge on any atom is -0.264 e. The Labute approximate surface area is 123 Å². The smallest absolute Gasteiger partial charge is 0.246 e. The first-order valence-corrected chi connectivity index (χ1v) is 7.44. The lowest BCUT2D eigenvalue weighted by Gasteiger charge is -2.10. The Hall–Kier alpha value is -2.00. The van der Waals surface area contributed by atoms with Crippen molar-refractivity contribution in [2.24, 2.45) is 0 Å². The first-order valence-electron chi connectivity index (χ1n) is 5.96. The predicted octanol–water partition coefficient (Wildman–Crippen LogP) is 2.42. The number of aromatic nitrogens is 1. The zero-order valence-electron chi connectivity index (χ0n) is 11.2. The summed E-state index contributed by atoms with van der Waals surface area (Å²) in [5, 5.41) is 0. The van der Waals surface area contributed by atoms with Crippen molar-refractivity contribution in [2.45, 2.75) is 18.4 Å². The summed E-state index contributed by atoms with van der Waals surface area (Å²) in [6.07, 6.45) is 2.84. The summed E-state index contributed by atoms with van der Waals surface area (Å²) in [4.78, 5) is 2.09. The van der Waals surface area contributed by atoms with Crippen LogP contribution in [0.3, 0.4) is 0 Å². The first kappa shape index (κ1) is 16.4. The third kappa shape index (κ3) is 3.09.